The molecular formula is C8H8BNO2. The van der Waals surface area contributed by atoms with Gasteiger partial charge in [0, 0.05) is 0 Å². The second-order valence-corrected chi connectivity index (χ2v) is 2.40. The summed E-state index contributed by atoms with van der Waals surface area (Å²) in [4.78, 5) is 23.5. The Balaban J connectivity index is 3.27. The Hall–Kier alpha value is -1.45. The predicted octanol–water partition coefficient (Wildman–Crippen LogP) is -0.829. The van der Waals surface area contributed by atoms with E-state index >= 15 is 0 Å². The first-order valence-corrected chi connectivity index (χ1v) is 3.45. The SMILES string of the molecule is B=CC1=C(C=C)C(=O)N(C)C1=O. The average molecular weight is 161 g/mol. The second-order valence-electron chi connectivity index (χ2n) is 2.40. The topological polar surface area (TPSA) is 37.4 Å². The molecule has 2 amide bonds. The summed E-state index contributed by atoms with van der Waals surface area (Å²) < 4.78 is 0. The minimum absolute atomic E-state index is 0.315. The standard InChI is InChI=1S/C8H8BNO2/c1-3-5-6(4-9)8(12)10(2)7(5)11/h3-4,9H,1H2,2H3. The molecule has 0 saturated heterocycles. The molecular weight excluding hydrogens is 153 g/mol. The molecule has 0 aliphatic carbocycles. The normalized spacial score (nSPS) is 17.2. The number of hydrogen-bond donors (Lipinski definition) is 0. The van der Waals surface area contributed by atoms with Crippen LogP contribution in [0.15, 0.2) is 23.8 Å². The molecule has 0 fully saturated rings. The Kier molecular flexibility index (Phi) is 2.08. The number of nitrogens with zero attached hydrogens (tertiary/aromatic N) is 1. The summed E-state index contributed by atoms with van der Waals surface area (Å²) in [6.07, 6.45) is 1.38. The Bertz CT molecular complexity index is 287. The fourth-order valence-electron chi connectivity index (χ4n) is 1.08. The Morgan fingerprint density at radius 3 is 2.17 bits per heavy atom. The molecule has 0 N–H and O–H groups in total. The molecule has 1 aliphatic heterocycles. The molecule has 1 aliphatic rings. The molecule has 0 radical (unpaired) electrons. The summed E-state index contributed by atoms with van der Waals surface area (Å²) in [6, 6.07) is 0. The fraction of sp³-hybridized carbons (Fsp3) is 0.125. The molecule has 0 unspecified atom stereocenters. The third-order valence-corrected chi connectivity index (χ3v) is 1.77. The molecule has 1 heterocycles. The molecule has 12 heavy (non-hydrogen) atoms. The van der Waals surface area contributed by atoms with E-state index in [1.165, 1.54) is 19.1 Å². The van der Waals surface area contributed by atoms with Crippen LogP contribution in [0.25, 0.3) is 0 Å². The summed E-state index contributed by atoms with van der Waals surface area (Å²) >= 11 is 0. The van der Waals surface area contributed by atoms with Gasteiger partial charge in [0.05, 0.1) is 0 Å². The first-order valence-electron chi connectivity index (χ1n) is 3.45. The van der Waals surface area contributed by atoms with Crippen molar-refractivity contribution in [2.45, 2.75) is 0 Å². The molecule has 0 saturated carbocycles. The van der Waals surface area contributed by atoms with Gasteiger partial charge in [0.2, 0.25) is 0 Å². The van der Waals surface area contributed by atoms with Crippen molar-refractivity contribution in [3.63, 3.8) is 0 Å². The van der Waals surface area contributed by atoms with E-state index in [9.17, 15) is 9.59 Å². The van der Waals surface area contributed by atoms with Gasteiger partial charge in [0.25, 0.3) is 0 Å². The number of carbonyl (C=O) groups is 2. The maximum absolute atomic E-state index is 11.2. The van der Waals surface area contributed by atoms with Crippen LogP contribution < -0.4 is 0 Å². The molecule has 0 atom stereocenters. The third-order valence-electron chi connectivity index (χ3n) is 1.77. The van der Waals surface area contributed by atoms with E-state index < -0.39 is 0 Å². The van der Waals surface area contributed by atoms with Crippen LogP contribution in [0.1, 0.15) is 0 Å². The Morgan fingerprint density at radius 2 is 1.83 bits per heavy atom. The van der Waals surface area contributed by atoms with Gasteiger partial charge in [0.15, 0.2) is 0 Å². The van der Waals surface area contributed by atoms with Crippen molar-refractivity contribution in [2.75, 3.05) is 7.05 Å². The summed E-state index contributed by atoms with van der Waals surface area (Å²) in [7, 11) is 4.89. The molecule has 0 bridgehead atoms. The van der Waals surface area contributed by atoms with Crippen LogP contribution in [0, 0.1) is 0 Å². The molecule has 0 aromatic rings. The van der Waals surface area contributed by atoms with Gasteiger partial charge in [-0.15, -0.1) is 0 Å². The molecule has 4 heteroatoms. The van der Waals surface area contributed by atoms with Crippen LogP contribution in [-0.4, -0.2) is 37.2 Å². The van der Waals surface area contributed by atoms with Crippen molar-refractivity contribution in [2.24, 2.45) is 0 Å². The zero-order chi connectivity index (χ0) is 9.30. The van der Waals surface area contributed by atoms with E-state index in [1.54, 1.807) is 0 Å². The van der Waals surface area contributed by atoms with Crippen LogP contribution in [0.3, 0.4) is 0 Å². The minimum atomic E-state index is -0.315. The zero-order valence-electron chi connectivity index (χ0n) is 6.83. The van der Waals surface area contributed by atoms with Crippen LogP contribution in [0.5, 0.6) is 0 Å². The number of rotatable bonds is 2. The van der Waals surface area contributed by atoms with Crippen LogP contribution >= 0.6 is 0 Å². The number of amides is 2. The molecule has 0 aromatic heterocycles. The summed E-state index contributed by atoms with van der Waals surface area (Å²) in [6.45, 7) is 3.45. The Labute approximate surface area is 71.4 Å². The first-order chi connectivity index (χ1) is 5.63. The van der Waals surface area contributed by atoms with E-state index in [0.29, 0.717) is 11.1 Å². The van der Waals surface area contributed by atoms with E-state index in [-0.39, 0.29) is 11.8 Å². The summed E-state index contributed by atoms with van der Waals surface area (Å²) in [5.41, 5.74) is 0.662. The first kappa shape index (κ1) is 8.65. The van der Waals surface area contributed by atoms with Crippen LogP contribution in [0.4, 0.5) is 0 Å². The van der Waals surface area contributed by atoms with Gasteiger partial charge < -0.3 is 0 Å². The summed E-state index contributed by atoms with van der Waals surface area (Å²) in [5.74, 6) is 0.746. The number of hydrogen-bond acceptors (Lipinski definition) is 2. The number of likely N-dealkylation sites (N-methyl/N-ethyl adjacent to an activating group) is 1. The molecule has 60 valence electrons. The van der Waals surface area contributed by atoms with E-state index in [1.807, 2.05) is 0 Å². The van der Waals surface area contributed by atoms with Gasteiger partial charge in [-0.25, -0.2) is 0 Å². The van der Waals surface area contributed by atoms with Crippen molar-refractivity contribution in [3.05, 3.63) is 23.8 Å². The van der Waals surface area contributed by atoms with Gasteiger partial charge in [-0.05, 0) is 0 Å². The molecule has 1 rings (SSSR count). The summed E-state index contributed by atoms with van der Waals surface area (Å²) in [5, 5.41) is 0. The Morgan fingerprint density at radius 1 is 1.33 bits per heavy atom. The predicted molar refractivity (Wildman–Crippen MR) is 48.2 cm³/mol. The van der Waals surface area contributed by atoms with E-state index in [4.69, 9.17) is 0 Å². The molecule has 0 spiro atoms. The quantitative estimate of drug-likeness (QED) is 0.391. The van der Waals surface area contributed by atoms with E-state index in [2.05, 4.69) is 14.1 Å². The van der Waals surface area contributed by atoms with Crippen LogP contribution in [0.2, 0.25) is 0 Å². The van der Waals surface area contributed by atoms with Gasteiger partial charge >= 0.3 is 70.6 Å². The molecule has 0 aromatic carbocycles. The van der Waals surface area contributed by atoms with Crippen molar-refractivity contribution in [3.8, 4) is 0 Å². The number of carbonyl (C=O) groups excluding carboxylic acids is 2. The van der Waals surface area contributed by atoms with Crippen molar-refractivity contribution in [1.29, 1.82) is 0 Å². The third kappa shape index (κ3) is 0.960. The van der Waals surface area contributed by atoms with Gasteiger partial charge in [-0.2, -0.15) is 0 Å². The van der Waals surface area contributed by atoms with Crippen LogP contribution in [-0.2, 0) is 9.59 Å². The van der Waals surface area contributed by atoms with Crippen molar-refractivity contribution < 1.29 is 9.59 Å². The van der Waals surface area contributed by atoms with Gasteiger partial charge in [-0.1, -0.05) is 0 Å². The van der Waals surface area contributed by atoms with Gasteiger partial charge in [0.1, 0.15) is 0 Å². The average Bonchev–Trinajstić information content (AvgIpc) is 2.29. The fourth-order valence-corrected chi connectivity index (χ4v) is 1.08. The number of imide groups is 1. The zero-order valence-corrected chi connectivity index (χ0v) is 6.83. The monoisotopic (exact) mass is 161 g/mol. The van der Waals surface area contributed by atoms with Crippen molar-refractivity contribution >= 4 is 25.3 Å². The maximum atomic E-state index is 11.2. The second kappa shape index (κ2) is 2.89. The molecule has 3 nitrogen and oxygen atoms in total. The van der Waals surface area contributed by atoms with Crippen molar-refractivity contribution in [1.82, 2.24) is 4.90 Å². The van der Waals surface area contributed by atoms with E-state index in [0.717, 1.165) is 4.90 Å². The van der Waals surface area contributed by atoms with Gasteiger partial charge in [-0.3, -0.25) is 0 Å².